The smallest absolute Gasteiger partial charge is 0.243 e. The van der Waals surface area contributed by atoms with Crippen molar-refractivity contribution in [2.24, 2.45) is 0 Å². The molecule has 6 heteroatoms. The van der Waals surface area contributed by atoms with Crippen molar-refractivity contribution >= 4 is 10.0 Å². The van der Waals surface area contributed by atoms with Crippen LogP contribution >= 0.6 is 0 Å². The number of benzene rings is 1. The minimum atomic E-state index is -3.59. The van der Waals surface area contributed by atoms with E-state index in [0.29, 0.717) is 5.56 Å². The van der Waals surface area contributed by atoms with Crippen molar-refractivity contribution in [2.75, 3.05) is 7.05 Å². The van der Waals surface area contributed by atoms with Gasteiger partial charge in [0, 0.05) is 30.7 Å². The maximum atomic E-state index is 13.8. The van der Waals surface area contributed by atoms with Gasteiger partial charge in [0.15, 0.2) is 0 Å². The van der Waals surface area contributed by atoms with Gasteiger partial charge < -0.3 is 5.32 Å². The number of hydrogen-bond donors (Lipinski definition) is 1. The highest BCUT2D eigenvalue weighted by Crippen LogP contribution is 2.20. The average molecular weight is 316 g/mol. The summed E-state index contributed by atoms with van der Waals surface area (Å²) in [4.78, 5) is 0.116. The van der Waals surface area contributed by atoms with Crippen LogP contribution < -0.4 is 5.32 Å². The lowest BCUT2D eigenvalue weighted by atomic mass is 10.1. The van der Waals surface area contributed by atoms with Crippen LogP contribution in [0.4, 0.5) is 4.39 Å². The Labute approximate surface area is 127 Å². The van der Waals surface area contributed by atoms with Gasteiger partial charge >= 0.3 is 0 Å². The molecule has 0 aromatic heterocycles. The average Bonchev–Trinajstić information content (AvgIpc) is 2.35. The molecule has 1 rings (SSSR count). The number of hydrogen-bond acceptors (Lipinski definition) is 3. The molecule has 0 atom stereocenters. The minimum Gasteiger partial charge on any atom is -0.308 e. The third-order valence-corrected chi connectivity index (χ3v) is 5.26. The zero-order valence-electron chi connectivity index (χ0n) is 13.6. The van der Waals surface area contributed by atoms with Gasteiger partial charge in [-0.05, 0) is 52.8 Å². The topological polar surface area (TPSA) is 49.4 Å². The predicted octanol–water partition coefficient (Wildman–Crippen LogP) is 2.74. The fourth-order valence-corrected chi connectivity index (χ4v) is 3.07. The monoisotopic (exact) mass is 316 g/mol. The molecule has 0 spiro atoms. The van der Waals surface area contributed by atoms with E-state index >= 15 is 0 Å². The highest BCUT2D eigenvalue weighted by Gasteiger charge is 2.24. The van der Waals surface area contributed by atoms with Crippen LogP contribution in [0.1, 0.15) is 40.2 Å². The Bertz CT molecular complexity index is 592. The molecule has 0 bridgehead atoms. The minimum absolute atomic E-state index is 0.116. The molecular weight excluding hydrogens is 291 g/mol. The molecule has 1 aromatic rings. The van der Waals surface area contributed by atoms with Gasteiger partial charge in [0.1, 0.15) is 5.82 Å². The van der Waals surface area contributed by atoms with Crippen LogP contribution in [0.2, 0.25) is 0 Å². The van der Waals surface area contributed by atoms with Crippen molar-refractivity contribution in [1.82, 2.24) is 9.62 Å². The third-order valence-electron chi connectivity index (χ3n) is 3.23. The van der Waals surface area contributed by atoms with Crippen molar-refractivity contribution in [3.63, 3.8) is 0 Å². The Hall–Kier alpha value is -0.980. The van der Waals surface area contributed by atoms with Gasteiger partial charge in [-0.1, -0.05) is 0 Å². The van der Waals surface area contributed by atoms with Gasteiger partial charge in [-0.3, -0.25) is 0 Å². The number of halogens is 1. The second kappa shape index (κ2) is 6.42. The number of nitrogens with one attached hydrogen (secondary N) is 1. The van der Waals surface area contributed by atoms with Crippen LogP contribution in [-0.4, -0.2) is 31.4 Å². The Balaban J connectivity index is 3.12. The summed E-state index contributed by atoms with van der Waals surface area (Å²) in [6.07, 6.45) is 0. The van der Waals surface area contributed by atoms with Crippen molar-refractivity contribution in [2.45, 2.75) is 57.6 Å². The molecule has 0 unspecified atom stereocenters. The molecule has 1 N–H and O–H groups in total. The second-order valence-electron chi connectivity index (χ2n) is 6.47. The molecule has 0 radical (unpaired) electrons. The molecular formula is C15H25FN2O2S. The molecule has 0 aliphatic carbocycles. The number of sulfonamides is 1. The van der Waals surface area contributed by atoms with Crippen LogP contribution in [-0.2, 0) is 16.6 Å². The Morgan fingerprint density at radius 3 is 2.33 bits per heavy atom. The summed E-state index contributed by atoms with van der Waals surface area (Å²) in [6.45, 7) is 9.78. The Morgan fingerprint density at radius 2 is 1.86 bits per heavy atom. The zero-order chi connectivity index (χ0) is 16.4. The number of rotatable bonds is 5. The highest BCUT2D eigenvalue weighted by molar-refractivity contribution is 7.89. The normalized spacial score (nSPS) is 13.2. The predicted molar refractivity (Wildman–Crippen MR) is 83.1 cm³/mol. The van der Waals surface area contributed by atoms with E-state index in [9.17, 15) is 12.8 Å². The zero-order valence-corrected chi connectivity index (χ0v) is 14.4. The maximum absolute atomic E-state index is 13.8. The fraction of sp³-hybridized carbons (Fsp3) is 0.600. The molecule has 21 heavy (non-hydrogen) atoms. The standard InChI is InChI=1S/C15H25FN2O2S/c1-11(2)18(6)21(19,20)13-7-8-14(16)12(9-13)10-17-15(3,4)5/h7-9,11,17H,10H2,1-6H3. The molecule has 0 heterocycles. The Kier molecular flexibility index (Phi) is 5.52. The largest absolute Gasteiger partial charge is 0.308 e. The maximum Gasteiger partial charge on any atom is 0.243 e. The summed E-state index contributed by atoms with van der Waals surface area (Å²) in [5, 5.41) is 3.16. The van der Waals surface area contributed by atoms with E-state index in [0.717, 1.165) is 0 Å². The summed E-state index contributed by atoms with van der Waals surface area (Å²) >= 11 is 0. The molecule has 0 fully saturated rings. The molecule has 0 aliphatic heterocycles. The summed E-state index contributed by atoms with van der Waals surface area (Å²) in [5.41, 5.74) is 0.180. The molecule has 0 saturated heterocycles. The van der Waals surface area contributed by atoms with Gasteiger partial charge in [0.25, 0.3) is 0 Å². The van der Waals surface area contributed by atoms with Crippen LogP contribution in [0.25, 0.3) is 0 Å². The van der Waals surface area contributed by atoms with Gasteiger partial charge in [0.2, 0.25) is 10.0 Å². The van der Waals surface area contributed by atoms with Crippen molar-refractivity contribution in [3.05, 3.63) is 29.6 Å². The van der Waals surface area contributed by atoms with Gasteiger partial charge in [0.05, 0.1) is 4.90 Å². The molecule has 120 valence electrons. The second-order valence-corrected chi connectivity index (χ2v) is 8.47. The fourth-order valence-electron chi connectivity index (χ4n) is 1.65. The van der Waals surface area contributed by atoms with E-state index in [2.05, 4.69) is 5.32 Å². The Morgan fingerprint density at radius 1 is 1.29 bits per heavy atom. The van der Waals surface area contributed by atoms with Crippen molar-refractivity contribution < 1.29 is 12.8 Å². The van der Waals surface area contributed by atoms with Gasteiger partial charge in [-0.25, -0.2) is 12.8 Å². The first-order valence-corrected chi connectivity index (χ1v) is 8.40. The molecule has 0 saturated carbocycles. The first-order valence-electron chi connectivity index (χ1n) is 6.96. The first-order chi connectivity index (χ1) is 9.45. The van der Waals surface area contributed by atoms with E-state index < -0.39 is 15.8 Å². The van der Waals surface area contributed by atoms with E-state index in [1.807, 2.05) is 20.8 Å². The van der Waals surface area contributed by atoms with Gasteiger partial charge in [-0.15, -0.1) is 0 Å². The van der Waals surface area contributed by atoms with Crippen molar-refractivity contribution in [3.8, 4) is 0 Å². The van der Waals surface area contributed by atoms with E-state index in [1.54, 1.807) is 13.8 Å². The number of nitrogens with zero attached hydrogens (tertiary/aromatic N) is 1. The van der Waals surface area contributed by atoms with Crippen molar-refractivity contribution in [1.29, 1.82) is 0 Å². The van der Waals surface area contributed by atoms with Crippen LogP contribution in [0.15, 0.2) is 23.1 Å². The van der Waals surface area contributed by atoms with Crippen LogP contribution in [0, 0.1) is 5.82 Å². The highest BCUT2D eigenvalue weighted by atomic mass is 32.2. The molecule has 1 aromatic carbocycles. The SMILES string of the molecule is CC(C)N(C)S(=O)(=O)c1ccc(F)c(CNC(C)(C)C)c1. The van der Waals surface area contributed by atoms with Crippen LogP contribution in [0.3, 0.4) is 0 Å². The molecule has 4 nitrogen and oxygen atoms in total. The van der Waals surface area contributed by atoms with Crippen LogP contribution in [0.5, 0.6) is 0 Å². The first kappa shape index (κ1) is 18.1. The third kappa shape index (κ3) is 4.76. The van der Waals surface area contributed by atoms with E-state index in [-0.39, 0.29) is 23.0 Å². The summed E-state index contributed by atoms with van der Waals surface area (Å²) in [7, 11) is -2.07. The molecule has 0 aliphatic rings. The summed E-state index contributed by atoms with van der Waals surface area (Å²) in [5.74, 6) is -0.405. The van der Waals surface area contributed by atoms with E-state index in [4.69, 9.17) is 0 Å². The summed E-state index contributed by atoms with van der Waals surface area (Å²) in [6, 6.07) is 3.77. The molecule has 0 amide bonds. The quantitative estimate of drug-likeness (QED) is 0.909. The summed E-state index contributed by atoms with van der Waals surface area (Å²) < 4.78 is 40.0. The lowest BCUT2D eigenvalue weighted by molar-refractivity contribution is 0.409. The lowest BCUT2D eigenvalue weighted by Gasteiger charge is -2.23. The van der Waals surface area contributed by atoms with Gasteiger partial charge in [-0.2, -0.15) is 4.31 Å². The van der Waals surface area contributed by atoms with E-state index in [1.165, 1.54) is 29.6 Å². The lowest BCUT2D eigenvalue weighted by Crippen LogP contribution is -2.35.